The number of benzene rings is 1. The van der Waals surface area contributed by atoms with Crippen LogP contribution in [0.4, 0.5) is 8.78 Å². The lowest BCUT2D eigenvalue weighted by molar-refractivity contribution is -0.0843. The van der Waals surface area contributed by atoms with Crippen LogP contribution in [0.25, 0.3) is 0 Å². The van der Waals surface area contributed by atoms with Gasteiger partial charge in [0.05, 0.1) is 25.2 Å². The largest absolute Gasteiger partial charge is 0.395 e. The zero-order valence-corrected chi connectivity index (χ0v) is 7.46. The molecule has 1 fully saturated rings. The zero-order valence-electron chi connectivity index (χ0n) is 7.46. The second-order valence-electron chi connectivity index (χ2n) is 3.56. The van der Waals surface area contributed by atoms with E-state index in [2.05, 4.69) is 0 Å². The van der Waals surface area contributed by atoms with E-state index in [0.717, 1.165) is 12.1 Å². The fraction of sp³-hybridized carbons (Fsp3) is 0.400. The molecular formula is C10H10F2O2. The van der Waals surface area contributed by atoms with Crippen LogP contribution in [-0.4, -0.2) is 24.9 Å². The van der Waals surface area contributed by atoms with Crippen LogP contribution >= 0.6 is 0 Å². The highest BCUT2D eigenvalue weighted by molar-refractivity contribution is 5.29. The quantitative estimate of drug-likeness (QED) is 0.777. The minimum Gasteiger partial charge on any atom is -0.395 e. The third-order valence-electron chi connectivity index (χ3n) is 2.59. The lowest BCUT2D eigenvalue weighted by atomic mass is 9.79. The van der Waals surface area contributed by atoms with Gasteiger partial charge in [0.15, 0.2) is 11.6 Å². The highest BCUT2D eigenvalue weighted by atomic mass is 19.2. The van der Waals surface area contributed by atoms with Crippen molar-refractivity contribution in [3.8, 4) is 0 Å². The van der Waals surface area contributed by atoms with Crippen molar-refractivity contribution in [2.45, 2.75) is 5.41 Å². The molecule has 0 radical (unpaired) electrons. The van der Waals surface area contributed by atoms with Gasteiger partial charge in [0.2, 0.25) is 0 Å². The van der Waals surface area contributed by atoms with Crippen molar-refractivity contribution in [3.63, 3.8) is 0 Å². The number of rotatable bonds is 2. The van der Waals surface area contributed by atoms with E-state index in [4.69, 9.17) is 9.84 Å². The van der Waals surface area contributed by atoms with Gasteiger partial charge in [-0.1, -0.05) is 6.07 Å². The van der Waals surface area contributed by atoms with E-state index in [9.17, 15) is 8.78 Å². The van der Waals surface area contributed by atoms with E-state index in [1.807, 2.05) is 0 Å². The first-order chi connectivity index (χ1) is 6.68. The zero-order chi connectivity index (χ0) is 10.2. The lowest BCUT2D eigenvalue weighted by Crippen LogP contribution is -2.49. The lowest BCUT2D eigenvalue weighted by Gasteiger charge is -2.40. The van der Waals surface area contributed by atoms with E-state index in [0.29, 0.717) is 18.8 Å². The molecule has 1 N–H and O–H groups in total. The third-order valence-corrected chi connectivity index (χ3v) is 2.59. The molecule has 14 heavy (non-hydrogen) atoms. The number of aliphatic hydroxyl groups is 1. The van der Waals surface area contributed by atoms with Crippen LogP contribution in [0.5, 0.6) is 0 Å². The van der Waals surface area contributed by atoms with Crippen molar-refractivity contribution >= 4 is 0 Å². The molecule has 0 unspecified atom stereocenters. The first kappa shape index (κ1) is 9.55. The highest BCUT2D eigenvalue weighted by Crippen LogP contribution is 2.32. The third kappa shape index (κ3) is 1.31. The minimum atomic E-state index is -0.887. The standard InChI is InChI=1S/C10H10F2O2/c11-8-2-1-7(3-9(8)12)10(4-13)5-14-6-10/h1-3,13H,4-6H2. The first-order valence-corrected chi connectivity index (χ1v) is 4.32. The molecule has 1 saturated heterocycles. The van der Waals surface area contributed by atoms with Crippen molar-refractivity contribution in [2.24, 2.45) is 0 Å². The molecule has 0 bridgehead atoms. The van der Waals surface area contributed by atoms with Crippen molar-refractivity contribution in [1.29, 1.82) is 0 Å². The highest BCUT2D eigenvalue weighted by Gasteiger charge is 2.40. The summed E-state index contributed by atoms with van der Waals surface area (Å²) in [5, 5.41) is 9.15. The molecule has 0 saturated carbocycles. The number of halogens is 2. The molecule has 0 spiro atoms. The van der Waals surface area contributed by atoms with Gasteiger partial charge in [-0.05, 0) is 17.7 Å². The van der Waals surface area contributed by atoms with E-state index in [1.54, 1.807) is 0 Å². The molecular weight excluding hydrogens is 190 g/mol. The van der Waals surface area contributed by atoms with Crippen LogP contribution in [0, 0.1) is 11.6 Å². The van der Waals surface area contributed by atoms with Crippen LogP contribution in [0.15, 0.2) is 18.2 Å². The Balaban J connectivity index is 2.36. The van der Waals surface area contributed by atoms with Gasteiger partial charge in [0, 0.05) is 0 Å². The SMILES string of the molecule is OCC1(c2ccc(F)c(F)c2)COC1. The van der Waals surface area contributed by atoms with Crippen LogP contribution in [0.1, 0.15) is 5.56 Å². The molecule has 4 heteroatoms. The number of ether oxygens (including phenoxy) is 1. The van der Waals surface area contributed by atoms with Gasteiger partial charge in [0.1, 0.15) is 0 Å². The maximum absolute atomic E-state index is 12.9. The molecule has 1 aliphatic heterocycles. The molecule has 0 aromatic heterocycles. The Kier molecular flexibility index (Phi) is 2.25. The smallest absolute Gasteiger partial charge is 0.159 e. The Hall–Kier alpha value is -1.00. The van der Waals surface area contributed by atoms with Gasteiger partial charge in [0.25, 0.3) is 0 Å². The van der Waals surface area contributed by atoms with Crippen LogP contribution < -0.4 is 0 Å². The molecule has 2 nitrogen and oxygen atoms in total. The molecule has 0 atom stereocenters. The monoisotopic (exact) mass is 200 g/mol. The average molecular weight is 200 g/mol. The van der Waals surface area contributed by atoms with Crippen LogP contribution in [0.2, 0.25) is 0 Å². The molecule has 1 heterocycles. The maximum atomic E-state index is 12.9. The topological polar surface area (TPSA) is 29.5 Å². The van der Waals surface area contributed by atoms with Crippen molar-refractivity contribution < 1.29 is 18.6 Å². The summed E-state index contributed by atoms with van der Waals surface area (Å²) in [6, 6.07) is 3.67. The van der Waals surface area contributed by atoms with Gasteiger partial charge >= 0.3 is 0 Å². The van der Waals surface area contributed by atoms with Gasteiger partial charge in [-0.15, -0.1) is 0 Å². The summed E-state index contributed by atoms with van der Waals surface area (Å²) >= 11 is 0. The number of hydrogen-bond donors (Lipinski definition) is 1. The van der Waals surface area contributed by atoms with Gasteiger partial charge in [-0.2, -0.15) is 0 Å². The molecule has 0 amide bonds. The Morgan fingerprint density at radius 2 is 2.00 bits per heavy atom. The van der Waals surface area contributed by atoms with Crippen molar-refractivity contribution in [1.82, 2.24) is 0 Å². The normalized spacial score (nSPS) is 19.1. The van der Waals surface area contributed by atoms with Crippen molar-refractivity contribution in [3.05, 3.63) is 35.4 Å². The van der Waals surface area contributed by atoms with E-state index in [1.165, 1.54) is 6.07 Å². The summed E-state index contributed by atoms with van der Waals surface area (Å²) < 4.78 is 30.5. The Labute approximate surface area is 80.1 Å². The Morgan fingerprint density at radius 3 is 2.43 bits per heavy atom. The van der Waals surface area contributed by atoms with Gasteiger partial charge in [-0.3, -0.25) is 0 Å². The summed E-state index contributed by atoms with van der Waals surface area (Å²) in [7, 11) is 0. The number of aliphatic hydroxyl groups excluding tert-OH is 1. The molecule has 1 aromatic carbocycles. The van der Waals surface area contributed by atoms with E-state index < -0.39 is 17.0 Å². The molecule has 1 aliphatic rings. The Morgan fingerprint density at radius 1 is 1.29 bits per heavy atom. The summed E-state index contributed by atoms with van der Waals surface area (Å²) in [5.41, 5.74) is 0.0549. The average Bonchev–Trinajstić information content (AvgIpc) is 2.10. The summed E-state index contributed by atoms with van der Waals surface area (Å²) in [6.45, 7) is 0.598. The van der Waals surface area contributed by atoms with Crippen LogP contribution in [0.3, 0.4) is 0 Å². The molecule has 0 aliphatic carbocycles. The van der Waals surface area contributed by atoms with Crippen LogP contribution in [-0.2, 0) is 10.2 Å². The molecule has 2 rings (SSSR count). The van der Waals surface area contributed by atoms with Gasteiger partial charge in [-0.25, -0.2) is 8.78 Å². The number of hydrogen-bond acceptors (Lipinski definition) is 2. The maximum Gasteiger partial charge on any atom is 0.159 e. The molecule has 76 valence electrons. The fourth-order valence-corrected chi connectivity index (χ4v) is 1.52. The predicted octanol–water partition coefficient (Wildman–Crippen LogP) is 1.23. The predicted molar refractivity (Wildman–Crippen MR) is 45.9 cm³/mol. The summed E-state index contributed by atoms with van der Waals surface area (Å²) in [4.78, 5) is 0. The minimum absolute atomic E-state index is 0.113. The summed E-state index contributed by atoms with van der Waals surface area (Å²) in [6.07, 6.45) is 0. The van der Waals surface area contributed by atoms with E-state index >= 15 is 0 Å². The van der Waals surface area contributed by atoms with Gasteiger partial charge < -0.3 is 9.84 Å². The van der Waals surface area contributed by atoms with E-state index in [-0.39, 0.29) is 6.61 Å². The second-order valence-corrected chi connectivity index (χ2v) is 3.56. The first-order valence-electron chi connectivity index (χ1n) is 4.32. The Bertz CT molecular complexity index is 342. The molecule has 1 aromatic rings. The summed E-state index contributed by atoms with van der Waals surface area (Å²) in [5.74, 6) is -1.76. The fourth-order valence-electron chi connectivity index (χ4n) is 1.52. The van der Waals surface area contributed by atoms with Crippen molar-refractivity contribution in [2.75, 3.05) is 19.8 Å². The second kappa shape index (κ2) is 3.29.